The summed E-state index contributed by atoms with van der Waals surface area (Å²) in [5.41, 5.74) is -0.0695. The van der Waals surface area contributed by atoms with Crippen molar-refractivity contribution in [1.29, 1.82) is 0 Å². The highest BCUT2D eigenvalue weighted by Gasteiger charge is 2.43. The Kier molecular flexibility index (Phi) is 3.22. The number of aliphatic carboxylic acids is 1. The molecule has 1 amide bonds. The molecule has 5 nitrogen and oxygen atoms in total. The third-order valence-corrected chi connectivity index (χ3v) is 3.34. The van der Waals surface area contributed by atoms with Crippen LogP contribution in [-0.2, 0) is 9.59 Å². The number of nitrogens with zero attached hydrogens (tertiary/aromatic N) is 1. The maximum absolute atomic E-state index is 12.3. The van der Waals surface area contributed by atoms with Crippen molar-refractivity contribution < 1.29 is 19.4 Å². The zero-order chi connectivity index (χ0) is 14.2. The average Bonchev–Trinajstić information content (AvgIpc) is 2.32. The number of fused-ring (bicyclic) bond motifs is 1. The molecular weight excluding hydrogens is 246 g/mol. The van der Waals surface area contributed by atoms with Crippen LogP contribution in [0.3, 0.4) is 0 Å². The van der Waals surface area contributed by atoms with Crippen LogP contribution in [0.15, 0.2) is 24.3 Å². The molecule has 19 heavy (non-hydrogen) atoms. The van der Waals surface area contributed by atoms with E-state index in [-0.39, 0.29) is 12.3 Å². The molecule has 0 saturated carbocycles. The summed E-state index contributed by atoms with van der Waals surface area (Å²) >= 11 is 0. The first-order valence-corrected chi connectivity index (χ1v) is 6.08. The molecule has 1 aliphatic heterocycles. The van der Waals surface area contributed by atoms with Crippen molar-refractivity contribution in [2.45, 2.75) is 26.4 Å². The van der Waals surface area contributed by atoms with E-state index in [0.29, 0.717) is 11.4 Å². The number of carboxylic acid groups (broad SMARTS) is 1. The van der Waals surface area contributed by atoms with E-state index in [0.717, 1.165) is 0 Å². The molecule has 0 radical (unpaired) electrons. The van der Waals surface area contributed by atoms with Crippen molar-refractivity contribution in [3.05, 3.63) is 24.3 Å². The number of carbonyl (C=O) groups is 2. The van der Waals surface area contributed by atoms with Crippen LogP contribution >= 0.6 is 0 Å². The molecule has 1 unspecified atom stereocenters. The molecule has 1 aromatic rings. The Morgan fingerprint density at radius 2 is 2.05 bits per heavy atom. The van der Waals surface area contributed by atoms with E-state index in [9.17, 15) is 9.59 Å². The molecule has 1 atom stereocenters. The highest BCUT2D eigenvalue weighted by atomic mass is 16.5. The van der Waals surface area contributed by atoms with Gasteiger partial charge in [-0.15, -0.1) is 0 Å². The van der Waals surface area contributed by atoms with Gasteiger partial charge in [0.2, 0.25) is 0 Å². The number of rotatable bonds is 3. The molecule has 1 aliphatic rings. The predicted octanol–water partition coefficient (Wildman–Crippen LogP) is 1.91. The summed E-state index contributed by atoms with van der Waals surface area (Å²) in [4.78, 5) is 24.8. The number of amides is 1. The number of carboxylic acids is 1. The predicted molar refractivity (Wildman–Crippen MR) is 70.3 cm³/mol. The summed E-state index contributed by atoms with van der Waals surface area (Å²) in [5.74, 6) is -0.555. The maximum Gasteiger partial charge on any atom is 0.304 e. The van der Waals surface area contributed by atoms with E-state index in [4.69, 9.17) is 9.84 Å². The molecule has 0 saturated heterocycles. The van der Waals surface area contributed by atoms with Gasteiger partial charge in [0, 0.05) is 12.5 Å². The number of hydrogen-bond acceptors (Lipinski definition) is 3. The zero-order valence-corrected chi connectivity index (χ0v) is 11.2. The second-order valence-electron chi connectivity index (χ2n) is 5.42. The van der Waals surface area contributed by atoms with E-state index >= 15 is 0 Å². The third-order valence-electron chi connectivity index (χ3n) is 3.34. The lowest BCUT2D eigenvalue weighted by Crippen LogP contribution is -2.51. The molecule has 0 spiro atoms. The molecule has 5 heteroatoms. The molecule has 0 bridgehead atoms. The molecule has 0 aliphatic carbocycles. The fourth-order valence-electron chi connectivity index (χ4n) is 2.28. The van der Waals surface area contributed by atoms with Crippen LogP contribution in [0.4, 0.5) is 5.69 Å². The summed E-state index contributed by atoms with van der Waals surface area (Å²) < 4.78 is 5.73. The van der Waals surface area contributed by atoms with E-state index in [1.54, 1.807) is 33.0 Å². The lowest BCUT2D eigenvalue weighted by molar-refractivity contribution is -0.143. The first-order valence-electron chi connectivity index (χ1n) is 6.08. The minimum atomic E-state index is -0.942. The largest absolute Gasteiger partial charge is 0.481 e. The first kappa shape index (κ1) is 13.4. The number of anilines is 1. The van der Waals surface area contributed by atoms with Gasteiger partial charge in [-0.25, -0.2) is 0 Å². The van der Waals surface area contributed by atoms with E-state index in [1.165, 1.54) is 4.90 Å². The number of benzene rings is 1. The molecule has 1 N–H and O–H groups in total. The Morgan fingerprint density at radius 3 is 2.68 bits per heavy atom. The van der Waals surface area contributed by atoms with Crippen LogP contribution in [0.5, 0.6) is 5.75 Å². The highest BCUT2D eigenvalue weighted by molar-refractivity contribution is 6.00. The van der Waals surface area contributed by atoms with Crippen LogP contribution in [0.1, 0.15) is 20.3 Å². The SMILES string of the molecule is CN1C(=O)C(C(C)(C)CC(=O)O)Oc2ccccc21. The minimum absolute atomic E-state index is 0.126. The number of ether oxygens (including phenoxy) is 1. The summed E-state index contributed by atoms with van der Waals surface area (Å²) in [5, 5.41) is 8.95. The second-order valence-corrected chi connectivity index (χ2v) is 5.42. The molecule has 1 heterocycles. The van der Waals surface area contributed by atoms with Crippen molar-refractivity contribution in [3.8, 4) is 5.75 Å². The Morgan fingerprint density at radius 1 is 1.42 bits per heavy atom. The lowest BCUT2D eigenvalue weighted by Gasteiger charge is -2.39. The fourth-order valence-corrected chi connectivity index (χ4v) is 2.28. The second kappa shape index (κ2) is 4.57. The van der Waals surface area contributed by atoms with Gasteiger partial charge in [-0.3, -0.25) is 9.59 Å². The monoisotopic (exact) mass is 263 g/mol. The smallest absolute Gasteiger partial charge is 0.304 e. The lowest BCUT2D eigenvalue weighted by atomic mass is 9.81. The van der Waals surface area contributed by atoms with Gasteiger partial charge in [0.15, 0.2) is 6.10 Å². The number of para-hydroxylation sites is 2. The van der Waals surface area contributed by atoms with Crippen molar-refractivity contribution in [2.75, 3.05) is 11.9 Å². The topological polar surface area (TPSA) is 66.8 Å². The standard InChI is InChI=1S/C14H17NO4/c1-14(2,8-11(16)17)12-13(18)15(3)9-6-4-5-7-10(9)19-12/h4-7,12H,8H2,1-3H3,(H,16,17). The average molecular weight is 263 g/mol. The van der Waals surface area contributed by atoms with Crippen LogP contribution in [0.2, 0.25) is 0 Å². The van der Waals surface area contributed by atoms with Gasteiger partial charge in [-0.1, -0.05) is 26.0 Å². The van der Waals surface area contributed by atoms with E-state index < -0.39 is 17.5 Å². The third kappa shape index (κ3) is 2.41. The van der Waals surface area contributed by atoms with Gasteiger partial charge in [0.25, 0.3) is 5.91 Å². The van der Waals surface area contributed by atoms with E-state index in [1.807, 2.05) is 12.1 Å². The van der Waals surface area contributed by atoms with E-state index in [2.05, 4.69) is 0 Å². The minimum Gasteiger partial charge on any atom is -0.481 e. The molecule has 0 aromatic heterocycles. The number of carbonyl (C=O) groups excluding carboxylic acids is 1. The van der Waals surface area contributed by atoms with Gasteiger partial charge in [0.1, 0.15) is 5.75 Å². The van der Waals surface area contributed by atoms with Crippen LogP contribution in [0, 0.1) is 5.41 Å². The number of likely N-dealkylation sites (N-methyl/N-ethyl adjacent to an activating group) is 1. The van der Waals surface area contributed by atoms with Crippen molar-refractivity contribution in [2.24, 2.45) is 5.41 Å². The first-order chi connectivity index (χ1) is 8.83. The van der Waals surface area contributed by atoms with Gasteiger partial charge < -0.3 is 14.7 Å². The Hall–Kier alpha value is -2.04. The van der Waals surface area contributed by atoms with Gasteiger partial charge in [-0.2, -0.15) is 0 Å². The maximum atomic E-state index is 12.3. The summed E-state index contributed by atoms with van der Waals surface area (Å²) in [6.07, 6.45) is -0.914. The highest BCUT2D eigenvalue weighted by Crippen LogP contribution is 2.39. The summed E-state index contributed by atoms with van der Waals surface area (Å²) in [6, 6.07) is 7.23. The zero-order valence-electron chi connectivity index (χ0n) is 11.2. The quantitative estimate of drug-likeness (QED) is 0.904. The Bertz CT molecular complexity index is 524. The van der Waals surface area contributed by atoms with Gasteiger partial charge >= 0.3 is 5.97 Å². The molecule has 102 valence electrons. The fraction of sp³-hybridized carbons (Fsp3) is 0.429. The van der Waals surface area contributed by atoms with Crippen LogP contribution < -0.4 is 9.64 Å². The van der Waals surface area contributed by atoms with Crippen molar-refractivity contribution >= 4 is 17.6 Å². The van der Waals surface area contributed by atoms with Crippen LogP contribution in [0.25, 0.3) is 0 Å². The molecule has 2 rings (SSSR count). The molecule has 1 aromatic carbocycles. The summed E-state index contributed by atoms with van der Waals surface area (Å²) in [6.45, 7) is 3.46. The van der Waals surface area contributed by atoms with Crippen molar-refractivity contribution in [1.82, 2.24) is 0 Å². The van der Waals surface area contributed by atoms with Gasteiger partial charge in [-0.05, 0) is 12.1 Å². The molecule has 0 fully saturated rings. The van der Waals surface area contributed by atoms with Gasteiger partial charge in [0.05, 0.1) is 12.1 Å². The molecular formula is C14H17NO4. The Balaban J connectivity index is 2.35. The van der Waals surface area contributed by atoms with Crippen LogP contribution in [-0.4, -0.2) is 30.1 Å². The normalized spacial score (nSPS) is 18.8. The summed E-state index contributed by atoms with van der Waals surface area (Å²) in [7, 11) is 1.67. The number of hydrogen-bond donors (Lipinski definition) is 1. The van der Waals surface area contributed by atoms with Crippen molar-refractivity contribution in [3.63, 3.8) is 0 Å². The Labute approximate surface area is 111 Å².